The first kappa shape index (κ1) is 49.9. The lowest BCUT2D eigenvalue weighted by Gasteiger charge is -2.08. The van der Waals surface area contributed by atoms with E-state index >= 15 is 0 Å². The molecule has 7 nitrogen and oxygen atoms in total. The Morgan fingerprint density at radius 1 is 0.833 bits per heavy atom. The molecule has 6 rings (SSSR count). The number of carbonyl (C=O) groups excluding carboxylic acids is 2. The summed E-state index contributed by atoms with van der Waals surface area (Å²) in [6.45, 7) is 29.8. The Hall–Kier alpha value is -4.10. The van der Waals surface area contributed by atoms with Gasteiger partial charge in [-0.3, -0.25) is 4.79 Å². The molecular formula is C46H70ClN3O4. The number of benzene rings is 2. The number of aromatic amines is 2. The average Bonchev–Trinajstić information content (AvgIpc) is 3.87. The van der Waals surface area contributed by atoms with Crippen LogP contribution in [0.3, 0.4) is 0 Å². The third-order valence-electron chi connectivity index (χ3n) is 8.03. The van der Waals surface area contributed by atoms with Crippen molar-refractivity contribution in [3.05, 3.63) is 81.8 Å². The predicted octanol–water partition coefficient (Wildman–Crippen LogP) is 13.4. The molecule has 0 radical (unpaired) electrons. The number of nitrogens with one attached hydrogen (secondary N) is 2. The molecule has 0 amide bonds. The molecule has 1 aliphatic rings. The maximum Gasteiger partial charge on any atom is 0.293 e. The van der Waals surface area contributed by atoms with Gasteiger partial charge in [-0.25, -0.2) is 4.98 Å². The summed E-state index contributed by atoms with van der Waals surface area (Å²) >= 11 is 6.12. The van der Waals surface area contributed by atoms with Gasteiger partial charge >= 0.3 is 0 Å². The molecule has 8 heteroatoms. The molecule has 2 N–H and O–H groups in total. The molecule has 3 aromatic heterocycles. The van der Waals surface area contributed by atoms with Crippen molar-refractivity contribution in [2.45, 2.75) is 129 Å². The standard InChI is InChI=1S/C17H17ClN2O.C12H15N.C5H10.C5H12.C3H6O2.C2H4O.C2H6/c1-4-11-5-6-15-13(7-11)16(10(2)20-15)14-8-12(18)9-19-17(14)21-3;1-4-10-5-6-12-11(7-10)8(2)9(3)13-12;1-2-5-3-4-5;1-5(2,3)4;1-2-5-3-4;1-2-3;1-2/h5-9,20H,4H2,1-3H3;5-7,13H,4H2,1-3H3;5H,2-4H2,1H3;1-4H3;3H,2H2,1H3;2H,1H3;1-2H3. The number of fused-ring (bicyclic) bond motifs is 2. The van der Waals surface area contributed by atoms with E-state index in [4.69, 9.17) is 21.1 Å². The van der Waals surface area contributed by atoms with E-state index in [1.165, 1.54) is 64.9 Å². The summed E-state index contributed by atoms with van der Waals surface area (Å²) in [4.78, 5) is 29.1. The number of pyridine rings is 1. The summed E-state index contributed by atoms with van der Waals surface area (Å²) in [7, 11) is 1.63. The van der Waals surface area contributed by atoms with Crippen molar-refractivity contribution >= 4 is 46.2 Å². The van der Waals surface area contributed by atoms with Gasteiger partial charge in [0.25, 0.3) is 6.47 Å². The second kappa shape index (κ2) is 26.6. The smallest absolute Gasteiger partial charge is 0.293 e. The van der Waals surface area contributed by atoms with Crippen LogP contribution in [0, 0.1) is 32.1 Å². The zero-order valence-corrected chi connectivity index (χ0v) is 36.8. The Kier molecular flexibility index (Phi) is 24.6. The number of aldehydes is 1. The second-order valence-electron chi connectivity index (χ2n) is 14.3. The number of ether oxygens (including phenoxy) is 2. The van der Waals surface area contributed by atoms with Gasteiger partial charge < -0.3 is 24.2 Å². The second-order valence-corrected chi connectivity index (χ2v) is 14.8. The third-order valence-corrected chi connectivity index (χ3v) is 8.24. The number of H-pyrrole nitrogens is 2. The van der Waals surface area contributed by atoms with Crippen molar-refractivity contribution in [1.29, 1.82) is 0 Å². The van der Waals surface area contributed by atoms with Crippen LogP contribution in [0.5, 0.6) is 5.88 Å². The Bertz CT molecular complexity index is 1790. The molecule has 300 valence electrons. The summed E-state index contributed by atoms with van der Waals surface area (Å²) in [5, 5.41) is 3.15. The van der Waals surface area contributed by atoms with Gasteiger partial charge in [0.05, 0.1) is 18.7 Å². The lowest BCUT2D eigenvalue weighted by molar-refractivity contribution is -0.128. The molecule has 0 saturated heterocycles. The topological polar surface area (TPSA) is 97.1 Å². The van der Waals surface area contributed by atoms with E-state index in [0.29, 0.717) is 29.4 Å². The highest BCUT2D eigenvalue weighted by Gasteiger charge is 2.18. The number of aryl methyl sites for hydroxylation is 5. The normalized spacial score (nSPS) is 11.2. The van der Waals surface area contributed by atoms with E-state index in [1.807, 2.05) is 19.9 Å². The number of hydrogen-bond acceptors (Lipinski definition) is 5. The lowest BCUT2D eigenvalue weighted by atomic mass is 10.0. The van der Waals surface area contributed by atoms with Crippen molar-refractivity contribution in [1.82, 2.24) is 15.0 Å². The highest BCUT2D eigenvalue weighted by Crippen LogP contribution is 2.38. The largest absolute Gasteiger partial charge is 0.481 e. The van der Waals surface area contributed by atoms with E-state index in [1.54, 1.807) is 20.2 Å². The maximum absolute atomic E-state index is 9.18. The first-order chi connectivity index (χ1) is 25.6. The molecule has 5 aromatic rings. The van der Waals surface area contributed by atoms with Crippen LogP contribution in [0.1, 0.15) is 124 Å². The van der Waals surface area contributed by atoms with Crippen molar-refractivity contribution in [3.63, 3.8) is 0 Å². The van der Waals surface area contributed by atoms with Crippen LogP contribution in [0.4, 0.5) is 0 Å². The van der Waals surface area contributed by atoms with Crippen molar-refractivity contribution in [3.8, 4) is 17.0 Å². The molecule has 1 saturated carbocycles. The quantitative estimate of drug-likeness (QED) is 0.161. The molecule has 3 heterocycles. The van der Waals surface area contributed by atoms with E-state index < -0.39 is 0 Å². The molecule has 0 unspecified atom stereocenters. The summed E-state index contributed by atoms with van der Waals surface area (Å²) in [6, 6.07) is 15.0. The lowest BCUT2D eigenvalue weighted by Crippen LogP contribution is -1.93. The molecule has 0 aliphatic heterocycles. The van der Waals surface area contributed by atoms with Crippen molar-refractivity contribution in [2.75, 3.05) is 13.7 Å². The van der Waals surface area contributed by atoms with Crippen LogP contribution in [0.25, 0.3) is 32.9 Å². The summed E-state index contributed by atoms with van der Waals surface area (Å²) < 4.78 is 9.55. The maximum atomic E-state index is 9.18. The fourth-order valence-electron chi connectivity index (χ4n) is 5.03. The number of aromatic nitrogens is 3. The summed E-state index contributed by atoms with van der Waals surface area (Å²) in [5.74, 6) is 1.72. The average molecular weight is 765 g/mol. The zero-order chi connectivity index (χ0) is 41.4. The first-order valence-electron chi connectivity index (χ1n) is 19.5. The van der Waals surface area contributed by atoms with Gasteiger partial charge in [-0.2, -0.15) is 0 Å². The number of nitrogens with zero attached hydrogens (tertiary/aromatic N) is 1. The highest BCUT2D eigenvalue weighted by molar-refractivity contribution is 6.30. The van der Waals surface area contributed by atoms with Crippen LogP contribution < -0.4 is 4.74 Å². The van der Waals surface area contributed by atoms with Crippen LogP contribution in [-0.4, -0.2) is 41.4 Å². The molecule has 1 fully saturated rings. The predicted molar refractivity (Wildman–Crippen MR) is 233 cm³/mol. The number of rotatable bonds is 7. The van der Waals surface area contributed by atoms with Gasteiger partial charge in [-0.1, -0.05) is 105 Å². The fourth-order valence-corrected chi connectivity index (χ4v) is 5.19. The van der Waals surface area contributed by atoms with E-state index in [2.05, 4.69) is 125 Å². The van der Waals surface area contributed by atoms with E-state index in [0.717, 1.165) is 47.4 Å². The van der Waals surface area contributed by atoms with Crippen LogP contribution in [0.15, 0.2) is 48.7 Å². The molecule has 0 bridgehead atoms. The Labute approximate surface area is 332 Å². The van der Waals surface area contributed by atoms with Gasteiger partial charge in [0.1, 0.15) is 6.29 Å². The van der Waals surface area contributed by atoms with E-state index in [-0.39, 0.29) is 0 Å². The van der Waals surface area contributed by atoms with Gasteiger partial charge in [0.2, 0.25) is 5.88 Å². The van der Waals surface area contributed by atoms with E-state index in [9.17, 15) is 4.79 Å². The van der Waals surface area contributed by atoms with Gasteiger partial charge in [0.15, 0.2) is 0 Å². The first-order valence-corrected chi connectivity index (χ1v) is 19.8. The Morgan fingerprint density at radius 3 is 1.70 bits per heavy atom. The minimum Gasteiger partial charge on any atom is -0.481 e. The van der Waals surface area contributed by atoms with Crippen LogP contribution in [0.2, 0.25) is 5.02 Å². The molecule has 2 aromatic carbocycles. The molecule has 0 spiro atoms. The summed E-state index contributed by atoms with van der Waals surface area (Å²) in [6.07, 6.45) is 8.91. The fraction of sp³-hybridized carbons (Fsp3) is 0.500. The highest BCUT2D eigenvalue weighted by atomic mass is 35.5. The molecular weight excluding hydrogens is 694 g/mol. The minimum absolute atomic E-state index is 0.431. The van der Waals surface area contributed by atoms with Gasteiger partial charge in [-0.05, 0) is 106 Å². The van der Waals surface area contributed by atoms with Crippen molar-refractivity contribution < 1.29 is 19.1 Å². The van der Waals surface area contributed by atoms with Crippen LogP contribution in [-0.2, 0) is 27.2 Å². The monoisotopic (exact) mass is 764 g/mol. The number of hydrogen-bond donors (Lipinski definition) is 2. The molecule has 0 atom stereocenters. The number of halogens is 1. The Balaban J connectivity index is 0.000000722. The van der Waals surface area contributed by atoms with Crippen molar-refractivity contribution in [2.24, 2.45) is 11.3 Å². The molecule has 1 aliphatic carbocycles. The number of carbonyl (C=O) groups is 2. The van der Waals surface area contributed by atoms with Gasteiger partial charge in [0, 0.05) is 50.5 Å². The summed E-state index contributed by atoms with van der Waals surface area (Å²) in [5.41, 5.74) is 11.4. The minimum atomic E-state index is 0.431. The van der Waals surface area contributed by atoms with Gasteiger partial charge in [-0.15, -0.1) is 0 Å². The molecule has 54 heavy (non-hydrogen) atoms. The third kappa shape index (κ3) is 18.3. The SMILES string of the molecule is CC.CC(C)(C)C.CC=O.CCC1CC1.CCOC=O.CCc1ccc2[nH]c(C)c(-c3cc(Cl)cnc3OC)c2c1.CCc1ccc2[nH]c(C)c(C)c2c1. The number of methoxy groups -OCH3 is 1. The van der Waals surface area contributed by atoms with Crippen LogP contribution >= 0.6 is 11.6 Å². The zero-order valence-electron chi connectivity index (χ0n) is 36.1. The Morgan fingerprint density at radius 2 is 1.31 bits per heavy atom.